The zero-order chi connectivity index (χ0) is 14.1. The minimum atomic E-state index is -0.283. The monoisotopic (exact) mass is 393 g/mol. The van der Waals surface area contributed by atoms with Gasteiger partial charge in [0.15, 0.2) is 0 Å². The van der Waals surface area contributed by atoms with E-state index in [1.165, 1.54) is 16.1 Å². The third-order valence-corrected chi connectivity index (χ3v) is 4.93. The maximum Gasteiger partial charge on any atom is 3.00 e. The summed E-state index contributed by atoms with van der Waals surface area (Å²) in [5.74, 6) is 0. The van der Waals surface area contributed by atoms with Crippen molar-refractivity contribution in [1.82, 2.24) is 0 Å². The van der Waals surface area contributed by atoms with E-state index in [4.69, 9.17) is 4.74 Å². The first-order chi connectivity index (χ1) is 8.87. The van der Waals surface area contributed by atoms with E-state index >= 15 is 0 Å². The number of ether oxygens (including phenoxy) is 1. The van der Waals surface area contributed by atoms with E-state index in [9.17, 15) is 0 Å². The van der Waals surface area contributed by atoms with Crippen molar-refractivity contribution in [1.29, 1.82) is 0 Å². The molecule has 0 spiro atoms. The molecule has 0 aromatic rings. The van der Waals surface area contributed by atoms with Gasteiger partial charge in [0.1, 0.15) is 4.93 Å². The van der Waals surface area contributed by atoms with Crippen LogP contribution in [0, 0.1) is 11.5 Å². The number of allylic oxidation sites excluding steroid dienone is 5. The van der Waals surface area contributed by atoms with Crippen LogP contribution in [0.5, 0.6) is 0 Å². The van der Waals surface area contributed by atoms with Gasteiger partial charge in [-0.15, -0.1) is 18.2 Å². The molecule has 5 heteroatoms. The molecule has 0 fully saturated rings. The minimum absolute atomic E-state index is 0. The quantitative estimate of drug-likeness (QED) is 0.347. The number of thioether (sulfide) groups is 1. The van der Waals surface area contributed by atoms with Gasteiger partial charge in [-0.25, -0.2) is 6.08 Å². The van der Waals surface area contributed by atoms with E-state index in [1.807, 2.05) is 7.11 Å². The van der Waals surface area contributed by atoms with Crippen molar-refractivity contribution in [3.8, 4) is 0 Å². The summed E-state index contributed by atoms with van der Waals surface area (Å²) in [4.78, 5) is 0.916. The molecule has 2 rings (SSSR count). The van der Waals surface area contributed by atoms with Gasteiger partial charge in [0.25, 0.3) is 0 Å². The molecule has 121 valence electrons. The predicted molar refractivity (Wildman–Crippen MR) is 83.8 cm³/mol. The SMILES string of the molecule is COC1(SC2=[C-]CC=C2)CC=C(C)C=C1C(C)(C)C.[Cl-].[Cl-].[Ti+3]. The second-order valence-corrected chi connectivity index (χ2v) is 7.47. The summed E-state index contributed by atoms with van der Waals surface area (Å²) in [5, 5.41) is 0. The number of halogens is 2. The summed E-state index contributed by atoms with van der Waals surface area (Å²) >= 11 is 1.80. The maximum absolute atomic E-state index is 5.98. The van der Waals surface area contributed by atoms with Gasteiger partial charge in [0.2, 0.25) is 0 Å². The number of hydrogen-bond donors (Lipinski definition) is 0. The van der Waals surface area contributed by atoms with E-state index in [-0.39, 0.29) is 56.9 Å². The topological polar surface area (TPSA) is 9.23 Å². The summed E-state index contributed by atoms with van der Waals surface area (Å²) in [6.45, 7) is 8.94. The van der Waals surface area contributed by atoms with Crippen LogP contribution < -0.4 is 24.8 Å². The first-order valence-electron chi connectivity index (χ1n) is 6.78. The third-order valence-electron chi connectivity index (χ3n) is 3.55. The van der Waals surface area contributed by atoms with Gasteiger partial charge in [0, 0.05) is 13.5 Å². The van der Waals surface area contributed by atoms with E-state index in [0.717, 1.165) is 12.8 Å². The van der Waals surface area contributed by atoms with Crippen LogP contribution in [0.2, 0.25) is 0 Å². The molecular weight excluding hydrogens is 371 g/mol. The van der Waals surface area contributed by atoms with Crippen LogP contribution in [0.25, 0.3) is 0 Å². The van der Waals surface area contributed by atoms with Crippen LogP contribution in [0.15, 0.2) is 40.4 Å². The Bertz CT molecular complexity index is 489. The zero-order valence-electron chi connectivity index (χ0n) is 13.8. The Kier molecular flexibility index (Phi) is 11.0. The number of rotatable bonds is 3. The molecule has 1 atom stereocenters. The molecule has 0 amide bonds. The molecule has 0 saturated carbocycles. The first kappa shape index (κ1) is 24.8. The summed E-state index contributed by atoms with van der Waals surface area (Å²) < 4.78 is 5.98. The average molecular weight is 394 g/mol. The van der Waals surface area contributed by atoms with Gasteiger partial charge in [-0.3, -0.25) is 6.08 Å². The molecule has 0 saturated heterocycles. The molecule has 0 aromatic heterocycles. The molecule has 0 aromatic carbocycles. The number of methoxy groups -OCH3 is 1. The molecule has 2 aliphatic rings. The maximum atomic E-state index is 5.98. The molecule has 1 radical (unpaired) electrons. The van der Waals surface area contributed by atoms with E-state index in [2.05, 4.69) is 58.1 Å². The van der Waals surface area contributed by atoms with Crippen LogP contribution in [0.4, 0.5) is 0 Å². The van der Waals surface area contributed by atoms with Gasteiger partial charge in [-0.1, -0.05) is 38.5 Å². The molecular formula is C17H23Cl2OSTi. The predicted octanol–water partition coefficient (Wildman–Crippen LogP) is -0.963. The summed E-state index contributed by atoms with van der Waals surface area (Å²) in [7, 11) is 1.82. The fourth-order valence-electron chi connectivity index (χ4n) is 2.55. The van der Waals surface area contributed by atoms with Crippen LogP contribution in [0.1, 0.15) is 40.5 Å². The normalized spacial score (nSPS) is 23.4. The number of hydrogen-bond acceptors (Lipinski definition) is 2. The second-order valence-electron chi connectivity index (χ2n) is 6.17. The Morgan fingerprint density at radius 3 is 2.36 bits per heavy atom. The van der Waals surface area contributed by atoms with E-state index in [0.29, 0.717) is 0 Å². The Hall–Kier alpha value is 0.564. The van der Waals surface area contributed by atoms with Crippen molar-refractivity contribution >= 4 is 11.8 Å². The fourth-order valence-corrected chi connectivity index (χ4v) is 3.95. The molecule has 1 nitrogen and oxygen atoms in total. The van der Waals surface area contributed by atoms with Gasteiger partial charge < -0.3 is 29.6 Å². The van der Waals surface area contributed by atoms with E-state index < -0.39 is 0 Å². The molecule has 2 aliphatic carbocycles. The molecule has 22 heavy (non-hydrogen) atoms. The Morgan fingerprint density at radius 2 is 1.91 bits per heavy atom. The standard InChI is InChI=1S/C17H23OS.2ClH.Ti/c1-13-10-11-17(18-5,15(12-13)16(2,3)4)19-14-8-6-7-9-14;;;/h6,8,10,12H,7,11H2,1-5H3;2*1H;/q-1;;;+3/p-2. The van der Waals surface area contributed by atoms with Gasteiger partial charge in [0.05, 0.1) is 0 Å². The molecule has 1 unspecified atom stereocenters. The van der Waals surface area contributed by atoms with Gasteiger partial charge >= 0.3 is 21.7 Å². The largest absolute Gasteiger partial charge is 3.00 e. The summed E-state index contributed by atoms with van der Waals surface area (Å²) in [6.07, 6.45) is 14.1. The zero-order valence-corrected chi connectivity index (χ0v) is 17.7. The first-order valence-corrected chi connectivity index (χ1v) is 7.60. The Balaban J connectivity index is 0. The average Bonchev–Trinajstić information content (AvgIpc) is 2.83. The molecule has 0 heterocycles. The van der Waals surface area contributed by atoms with Crippen molar-refractivity contribution in [2.45, 2.75) is 45.5 Å². The van der Waals surface area contributed by atoms with Gasteiger partial charge in [-0.2, -0.15) is 11.0 Å². The summed E-state index contributed by atoms with van der Waals surface area (Å²) in [5.41, 5.74) is 2.79. The van der Waals surface area contributed by atoms with Crippen molar-refractivity contribution < 1.29 is 51.3 Å². The van der Waals surface area contributed by atoms with E-state index in [1.54, 1.807) is 11.8 Å². The fraction of sp³-hybridized carbons (Fsp3) is 0.529. The van der Waals surface area contributed by atoms with Crippen molar-refractivity contribution in [2.75, 3.05) is 7.11 Å². The third kappa shape index (κ3) is 5.58. The molecule has 0 aliphatic heterocycles. The van der Waals surface area contributed by atoms with Crippen LogP contribution in [0.3, 0.4) is 0 Å². The van der Waals surface area contributed by atoms with Crippen LogP contribution in [-0.4, -0.2) is 12.0 Å². The Morgan fingerprint density at radius 1 is 1.27 bits per heavy atom. The van der Waals surface area contributed by atoms with Crippen LogP contribution >= 0.6 is 11.8 Å². The molecule has 0 bridgehead atoms. The Labute approximate surface area is 166 Å². The van der Waals surface area contributed by atoms with Gasteiger partial charge in [-0.05, 0) is 17.9 Å². The van der Waals surface area contributed by atoms with Crippen molar-refractivity contribution in [3.63, 3.8) is 0 Å². The van der Waals surface area contributed by atoms with Crippen LogP contribution in [-0.2, 0) is 26.5 Å². The second kappa shape index (κ2) is 9.76. The molecule has 0 N–H and O–H groups in total. The smallest absolute Gasteiger partial charge is 1.00 e. The van der Waals surface area contributed by atoms with Crippen molar-refractivity contribution in [2.24, 2.45) is 5.41 Å². The summed E-state index contributed by atoms with van der Waals surface area (Å²) in [6, 6.07) is 0. The minimum Gasteiger partial charge on any atom is -1.00 e. The van der Waals surface area contributed by atoms with Crippen molar-refractivity contribution in [3.05, 3.63) is 46.4 Å².